The number of H-pyrrole nitrogens is 1. The van der Waals surface area contributed by atoms with E-state index in [1.54, 1.807) is 0 Å². The van der Waals surface area contributed by atoms with E-state index in [1.165, 1.54) is 12.5 Å². The molecule has 1 aliphatic heterocycles. The first-order chi connectivity index (χ1) is 8.03. The van der Waals surface area contributed by atoms with Gasteiger partial charge in [-0.2, -0.15) is 4.31 Å². The van der Waals surface area contributed by atoms with Gasteiger partial charge in [-0.1, -0.05) is 0 Å². The lowest BCUT2D eigenvalue weighted by atomic mass is 10.2. The monoisotopic (exact) mass is 259 g/mol. The number of aromatic amines is 1. The summed E-state index contributed by atoms with van der Waals surface area (Å²) in [6.07, 6.45) is 2.48. The van der Waals surface area contributed by atoms with E-state index in [9.17, 15) is 13.2 Å². The Bertz CT molecular complexity index is 497. The fraction of sp³-hybridized carbons (Fsp3) is 0.500. The highest BCUT2D eigenvalue weighted by molar-refractivity contribution is 7.89. The molecule has 9 heteroatoms. The molecule has 4 N–H and O–H groups in total. The van der Waals surface area contributed by atoms with Gasteiger partial charge in [0.1, 0.15) is 6.04 Å². The number of hydrogen-bond donors (Lipinski definition) is 3. The number of imidazole rings is 1. The molecule has 0 aromatic carbocycles. The number of nitrogens with one attached hydrogen (secondary N) is 2. The molecule has 0 aliphatic carbocycles. The third-order valence-corrected chi connectivity index (χ3v) is 4.42. The first-order valence-electron chi connectivity index (χ1n) is 5.04. The van der Waals surface area contributed by atoms with E-state index in [2.05, 4.69) is 15.3 Å². The zero-order valence-electron chi connectivity index (χ0n) is 8.96. The third kappa shape index (κ3) is 2.16. The van der Waals surface area contributed by atoms with Crippen LogP contribution in [0.3, 0.4) is 0 Å². The van der Waals surface area contributed by atoms with Crippen molar-refractivity contribution in [2.45, 2.75) is 11.1 Å². The van der Waals surface area contributed by atoms with Gasteiger partial charge < -0.3 is 16.0 Å². The van der Waals surface area contributed by atoms with Crippen molar-refractivity contribution in [1.29, 1.82) is 0 Å². The molecule has 0 spiro atoms. The number of carbonyl (C=O) groups excluding carboxylic acids is 1. The number of primary amides is 1. The first-order valence-corrected chi connectivity index (χ1v) is 6.48. The van der Waals surface area contributed by atoms with Gasteiger partial charge in [-0.05, 0) is 0 Å². The fourth-order valence-electron chi connectivity index (χ4n) is 1.73. The minimum Gasteiger partial charge on any atom is -0.368 e. The van der Waals surface area contributed by atoms with Crippen LogP contribution >= 0.6 is 0 Å². The van der Waals surface area contributed by atoms with Gasteiger partial charge in [0.25, 0.3) is 10.0 Å². The average molecular weight is 259 g/mol. The van der Waals surface area contributed by atoms with Gasteiger partial charge in [-0.15, -0.1) is 0 Å². The number of carbonyl (C=O) groups is 1. The van der Waals surface area contributed by atoms with Gasteiger partial charge in [-0.25, -0.2) is 13.4 Å². The SMILES string of the molecule is NC(=O)C1CNCCN1S(=O)(=O)c1cnc[nH]1. The summed E-state index contributed by atoms with van der Waals surface area (Å²) in [7, 11) is -3.74. The predicted molar refractivity (Wildman–Crippen MR) is 58.3 cm³/mol. The van der Waals surface area contributed by atoms with Crippen LogP contribution in [0.2, 0.25) is 0 Å². The molecule has 2 heterocycles. The number of nitrogens with zero attached hydrogens (tertiary/aromatic N) is 2. The van der Waals surface area contributed by atoms with Crippen LogP contribution in [0, 0.1) is 0 Å². The summed E-state index contributed by atoms with van der Waals surface area (Å²) >= 11 is 0. The molecule has 2 rings (SSSR count). The molecule has 1 aromatic rings. The van der Waals surface area contributed by atoms with Crippen molar-refractivity contribution in [2.75, 3.05) is 19.6 Å². The summed E-state index contributed by atoms with van der Waals surface area (Å²) in [6, 6.07) is -0.864. The van der Waals surface area contributed by atoms with Crippen molar-refractivity contribution < 1.29 is 13.2 Å². The van der Waals surface area contributed by atoms with Gasteiger partial charge in [0.2, 0.25) is 5.91 Å². The predicted octanol–water partition coefficient (Wildman–Crippen LogP) is -2.14. The number of rotatable bonds is 3. The Hall–Kier alpha value is -1.45. The van der Waals surface area contributed by atoms with Crippen molar-refractivity contribution in [2.24, 2.45) is 5.73 Å². The maximum Gasteiger partial charge on any atom is 0.260 e. The Balaban J connectivity index is 2.34. The quantitative estimate of drug-likeness (QED) is 0.572. The molecule has 1 amide bonds. The maximum atomic E-state index is 12.2. The van der Waals surface area contributed by atoms with E-state index in [0.717, 1.165) is 4.31 Å². The molecule has 94 valence electrons. The molecule has 1 saturated heterocycles. The summed E-state index contributed by atoms with van der Waals surface area (Å²) in [5.41, 5.74) is 5.20. The van der Waals surface area contributed by atoms with Crippen molar-refractivity contribution in [3.63, 3.8) is 0 Å². The topological polar surface area (TPSA) is 121 Å². The standard InChI is InChI=1S/C8H13N5O3S/c9-8(14)6-3-10-1-2-13(6)17(15,16)7-4-11-5-12-7/h4-6,10H,1-3H2,(H2,9,14)(H,11,12). The van der Waals surface area contributed by atoms with Crippen molar-refractivity contribution in [3.8, 4) is 0 Å². The Morgan fingerprint density at radius 2 is 2.35 bits per heavy atom. The second-order valence-corrected chi connectivity index (χ2v) is 5.51. The first kappa shape index (κ1) is 12.0. The molecular formula is C8H13N5O3S. The van der Waals surface area contributed by atoms with Gasteiger partial charge in [0.05, 0.1) is 12.5 Å². The van der Waals surface area contributed by atoms with E-state index in [1.807, 2.05) is 0 Å². The lowest BCUT2D eigenvalue weighted by Crippen LogP contribution is -2.58. The minimum atomic E-state index is -3.74. The molecule has 17 heavy (non-hydrogen) atoms. The van der Waals surface area contributed by atoms with Crippen LogP contribution in [0.5, 0.6) is 0 Å². The molecule has 1 aromatic heterocycles. The fourth-order valence-corrected chi connectivity index (χ4v) is 3.22. The number of aromatic nitrogens is 2. The van der Waals surface area contributed by atoms with Crippen LogP contribution in [-0.4, -0.2) is 54.3 Å². The molecule has 1 aliphatic rings. The van der Waals surface area contributed by atoms with Gasteiger partial charge in [0, 0.05) is 19.6 Å². The summed E-state index contributed by atoms with van der Waals surface area (Å²) in [4.78, 5) is 17.4. The molecular weight excluding hydrogens is 246 g/mol. The largest absolute Gasteiger partial charge is 0.368 e. The number of amides is 1. The lowest BCUT2D eigenvalue weighted by Gasteiger charge is -2.32. The van der Waals surface area contributed by atoms with Gasteiger partial charge in [-0.3, -0.25) is 4.79 Å². The highest BCUT2D eigenvalue weighted by Crippen LogP contribution is 2.16. The Kier molecular flexibility index (Phi) is 3.13. The second kappa shape index (κ2) is 4.43. The highest BCUT2D eigenvalue weighted by atomic mass is 32.2. The number of piperazine rings is 1. The molecule has 1 atom stereocenters. The molecule has 0 saturated carbocycles. The van der Waals surface area contributed by atoms with E-state index in [-0.39, 0.29) is 18.1 Å². The maximum absolute atomic E-state index is 12.2. The van der Waals surface area contributed by atoms with E-state index < -0.39 is 22.0 Å². The third-order valence-electron chi connectivity index (χ3n) is 2.58. The second-order valence-electron chi connectivity index (χ2n) is 3.65. The molecule has 8 nitrogen and oxygen atoms in total. The number of nitrogens with two attached hydrogens (primary N) is 1. The molecule has 1 unspecified atom stereocenters. The van der Waals surface area contributed by atoms with E-state index >= 15 is 0 Å². The smallest absolute Gasteiger partial charge is 0.260 e. The Morgan fingerprint density at radius 3 is 2.94 bits per heavy atom. The average Bonchev–Trinajstić information content (AvgIpc) is 2.83. The summed E-state index contributed by atoms with van der Waals surface area (Å²) in [6.45, 7) is 0.912. The van der Waals surface area contributed by atoms with E-state index in [0.29, 0.717) is 6.54 Å². The van der Waals surface area contributed by atoms with Crippen LogP contribution in [0.25, 0.3) is 0 Å². The normalized spacial score (nSPS) is 22.5. The molecule has 1 fully saturated rings. The zero-order valence-corrected chi connectivity index (χ0v) is 9.77. The van der Waals surface area contributed by atoms with E-state index in [4.69, 9.17) is 5.73 Å². The van der Waals surface area contributed by atoms with Crippen LogP contribution in [0.4, 0.5) is 0 Å². The summed E-state index contributed by atoms with van der Waals surface area (Å²) in [5.74, 6) is -0.666. The van der Waals surface area contributed by atoms with Crippen LogP contribution in [0.15, 0.2) is 17.6 Å². The number of hydrogen-bond acceptors (Lipinski definition) is 5. The van der Waals surface area contributed by atoms with Gasteiger partial charge >= 0.3 is 0 Å². The van der Waals surface area contributed by atoms with Crippen LogP contribution in [0.1, 0.15) is 0 Å². The lowest BCUT2D eigenvalue weighted by molar-refractivity contribution is -0.122. The summed E-state index contributed by atoms with van der Waals surface area (Å²) in [5, 5.41) is 2.89. The zero-order chi connectivity index (χ0) is 12.5. The number of sulfonamides is 1. The molecule has 0 bridgehead atoms. The van der Waals surface area contributed by atoms with Crippen LogP contribution in [-0.2, 0) is 14.8 Å². The van der Waals surface area contributed by atoms with Gasteiger partial charge in [0.15, 0.2) is 5.03 Å². The van der Waals surface area contributed by atoms with Crippen LogP contribution < -0.4 is 11.1 Å². The molecule has 0 radical (unpaired) electrons. The summed E-state index contributed by atoms with van der Waals surface area (Å²) < 4.78 is 25.5. The van der Waals surface area contributed by atoms with Crippen molar-refractivity contribution in [3.05, 3.63) is 12.5 Å². The van der Waals surface area contributed by atoms with Crippen molar-refractivity contribution >= 4 is 15.9 Å². The Morgan fingerprint density at radius 1 is 1.59 bits per heavy atom. The Labute approximate surface area is 98.3 Å². The van der Waals surface area contributed by atoms with Crippen molar-refractivity contribution in [1.82, 2.24) is 19.6 Å². The minimum absolute atomic E-state index is 0.0364. The highest BCUT2D eigenvalue weighted by Gasteiger charge is 2.37.